The summed E-state index contributed by atoms with van der Waals surface area (Å²) < 4.78 is 63.2. The van der Waals surface area contributed by atoms with E-state index in [1.54, 1.807) is 28.9 Å². The molecule has 1 saturated heterocycles. The summed E-state index contributed by atoms with van der Waals surface area (Å²) in [5.74, 6) is -1.96. The molecule has 1 fully saturated rings. The minimum atomic E-state index is -4.79. The Morgan fingerprint density at radius 3 is 2.49 bits per heavy atom. The van der Waals surface area contributed by atoms with Gasteiger partial charge in [-0.3, -0.25) is 0 Å². The van der Waals surface area contributed by atoms with Crippen molar-refractivity contribution in [3.8, 4) is 0 Å². The summed E-state index contributed by atoms with van der Waals surface area (Å²) in [6.45, 7) is 5.16. The van der Waals surface area contributed by atoms with Gasteiger partial charge in [0.15, 0.2) is 0 Å². The predicted octanol–water partition coefficient (Wildman–Crippen LogP) is 5.77. The van der Waals surface area contributed by atoms with E-state index >= 15 is 4.39 Å². The average Bonchev–Trinajstić information content (AvgIpc) is 3.29. The van der Waals surface area contributed by atoms with Gasteiger partial charge in [0.1, 0.15) is 11.9 Å². The molecular weight excluding hydrogens is 536 g/mol. The van der Waals surface area contributed by atoms with Crippen LogP contribution in [0.1, 0.15) is 39.8 Å². The maximum absolute atomic E-state index is 15.9. The molecule has 0 saturated carbocycles. The van der Waals surface area contributed by atoms with E-state index in [2.05, 4.69) is 19.9 Å². The summed E-state index contributed by atoms with van der Waals surface area (Å²) in [5.41, 5.74) is 3.97. The minimum Gasteiger partial charge on any atom is -0.378 e. The van der Waals surface area contributed by atoms with Gasteiger partial charge in [0.05, 0.1) is 13.2 Å². The van der Waals surface area contributed by atoms with Crippen LogP contribution in [0.15, 0.2) is 30.3 Å². The molecule has 0 aliphatic carbocycles. The number of nitrogens with zero attached hydrogens (tertiary/aromatic N) is 5. The van der Waals surface area contributed by atoms with E-state index in [0.29, 0.717) is 54.6 Å². The maximum Gasteiger partial charge on any atom is 0.451 e. The van der Waals surface area contributed by atoms with Crippen LogP contribution in [0.2, 0.25) is 5.02 Å². The second kappa shape index (κ2) is 9.63. The highest BCUT2D eigenvalue weighted by Crippen LogP contribution is 2.42. The van der Waals surface area contributed by atoms with Crippen molar-refractivity contribution in [3.63, 3.8) is 0 Å². The first-order chi connectivity index (χ1) is 18.6. The molecule has 0 spiro atoms. The Morgan fingerprint density at radius 2 is 1.74 bits per heavy atom. The van der Waals surface area contributed by atoms with Crippen molar-refractivity contribution in [2.45, 2.75) is 32.5 Å². The molecule has 1 atom stereocenters. The molecule has 0 amide bonds. The predicted molar refractivity (Wildman–Crippen MR) is 140 cm³/mol. The molecule has 4 heterocycles. The van der Waals surface area contributed by atoms with Gasteiger partial charge < -0.3 is 19.5 Å². The standard InChI is InChI=1S/C27H25ClF4N6O/c1-14-3-5-18(21(29)15(14)2)23-22-17(19-13-16(28)4-6-20(19)33-22)7-8-38(23)26-35-24(27(30,31)32)34-25(36-26)37-9-11-39-12-10-37/h3-6,13,23,33H,7-12H2,1-2H3/t23-/m0/s1. The van der Waals surface area contributed by atoms with E-state index in [9.17, 15) is 13.2 Å². The summed E-state index contributed by atoms with van der Waals surface area (Å²) in [6.07, 6.45) is -4.32. The van der Waals surface area contributed by atoms with Crippen LogP contribution in [0.25, 0.3) is 10.9 Å². The molecule has 0 bridgehead atoms. The molecule has 2 aliphatic rings. The van der Waals surface area contributed by atoms with Gasteiger partial charge in [-0.1, -0.05) is 23.7 Å². The quantitative estimate of drug-likeness (QED) is 0.321. The van der Waals surface area contributed by atoms with Gasteiger partial charge in [0.2, 0.25) is 17.7 Å². The number of anilines is 2. The monoisotopic (exact) mass is 560 g/mol. The van der Waals surface area contributed by atoms with Crippen molar-refractivity contribution < 1.29 is 22.3 Å². The molecular formula is C27H25ClF4N6O. The summed E-state index contributed by atoms with van der Waals surface area (Å²) in [7, 11) is 0. The number of rotatable bonds is 3. The Kier molecular flexibility index (Phi) is 6.38. The zero-order valence-electron chi connectivity index (χ0n) is 21.2. The van der Waals surface area contributed by atoms with Crippen LogP contribution < -0.4 is 9.80 Å². The van der Waals surface area contributed by atoms with E-state index < -0.39 is 23.9 Å². The average molecular weight is 561 g/mol. The normalized spacial score (nSPS) is 18.1. The van der Waals surface area contributed by atoms with Gasteiger partial charge in [0.25, 0.3) is 0 Å². The SMILES string of the molecule is Cc1ccc([C@H]2c3[nH]c4ccc(Cl)cc4c3CCN2c2nc(N3CCOCC3)nc(C(F)(F)F)n2)c(F)c1C. The molecule has 0 unspecified atom stereocenters. The molecule has 204 valence electrons. The van der Waals surface area contributed by atoms with Gasteiger partial charge in [-0.2, -0.15) is 28.1 Å². The maximum atomic E-state index is 15.9. The molecule has 1 N–H and O–H groups in total. The van der Waals surface area contributed by atoms with Crippen molar-refractivity contribution in [1.29, 1.82) is 0 Å². The number of morpholine rings is 1. The Bertz CT molecular complexity index is 1570. The number of aromatic nitrogens is 4. The molecule has 6 rings (SSSR count). The fraction of sp³-hybridized carbons (Fsp3) is 0.370. The number of alkyl halides is 3. The summed E-state index contributed by atoms with van der Waals surface area (Å²) in [6, 6.07) is 8.13. The van der Waals surface area contributed by atoms with Crippen LogP contribution in [0.3, 0.4) is 0 Å². The Balaban J connectivity index is 1.56. The number of H-pyrrole nitrogens is 1. The third-order valence-corrected chi connectivity index (χ3v) is 7.72. The van der Waals surface area contributed by atoms with Crippen molar-refractivity contribution in [2.75, 3.05) is 42.6 Å². The lowest BCUT2D eigenvalue weighted by atomic mass is 9.90. The van der Waals surface area contributed by atoms with E-state index in [1.807, 2.05) is 25.1 Å². The number of hydrogen-bond acceptors (Lipinski definition) is 6. The number of aromatic amines is 1. The van der Waals surface area contributed by atoms with Crippen LogP contribution in [0.4, 0.5) is 29.5 Å². The lowest BCUT2D eigenvalue weighted by Gasteiger charge is -2.37. The van der Waals surface area contributed by atoms with Crippen LogP contribution in [0.5, 0.6) is 0 Å². The Hall–Kier alpha value is -3.44. The number of benzene rings is 2. The number of halogens is 5. The molecule has 0 radical (unpaired) electrons. The molecule has 4 aromatic rings. The zero-order chi connectivity index (χ0) is 27.5. The van der Waals surface area contributed by atoms with Crippen molar-refractivity contribution in [2.24, 2.45) is 0 Å². The van der Waals surface area contributed by atoms with Gasteiger partial charge in [-0.25, -0.2) is 4.39 Å². The first-order valence-corrected chi connectivity index (χ1v) is 13.0. The number of hydrogen-bond donors (Lipinski definition) is 1. The second-order valence-corrected chi connectivity index (χ2v) is 10.3. The first kappa shape index (κ1) is 25.8. The highest BCUT2D eigenvalue weighted by molar-refractivity contribution is 6.31. The largest absolute Gasteiger partial charge is 0.451 e. The van der Waals surface area contributed by atoms with Crippen molar-refractivity contribution >= 4 is 34.4 Å². The summed E-state index contributed by atoms with van der Waals surface area (Å²) >= 11 is 6.28. The molecule has 39 heavy (non-hydrogen) atoms. The van der Waals surface area contributed by atoms with Gasteiger partial charge >= 0.3 is 6.18 Å². The fourth-order valence-corrected chi connectivity index (χ4v) is 5.50. The lowest BCUT2D eigenvalue weighted by molar-refractivity contribution is -0.145. The highest BCUT2D eigenvalue weighted by Gasteiger charge is 2.40. The van der Waals surface area contributed by atoms with E-state index in [0.717, 1.165) is 22.0 Å². The molecule has 2 aromatic heterocycles. The van der Waals surface area contributed by atoms with Crippen LogP contribution in [-0.2, 0) is 17.3 Å². The van der Waals surface area contributed by atoms with Gasteiger partial charge in [-0.05, 0) is 55.2 Å². The number of fused-ring (bicyclic) bond motifs is 3. The molecule has 12 heteroatoms. The summed E-state index contributed by atoms with van der Waals surface area (Å²) in [5, 5.41) is 1.45. The van der Waals surface area contributed by atoms with Crippen molar-refractivity contribution in [1.82, 2.24) is 19.9 Å². The van der Waals surface area contributed by atoms with Crippen LogP contribution >= 0.6 is 11.6 Å². The number of aryl methyl sites for hydroxylation is 1. The smallest absolute Gasteiger partial charge is 0.378 e. The minimum absolute atomic E-state index is 0.0795. The third kappa shape index (κ3) is 4.57. The highest BCUT2D eigenvalue weighted by atomic mass is 35.5. The molecule has 2 aliphatic heterocycles. The topological polar surface area (TPSA) is 70.2 Å². The van der Waals surface area contributed by atoms with Gasteiger partial charge in [0, 0.05) is 46.8 Å². The Labute approximate surface area is 226 Å². The number of nitrogens with one attached hydrogen (secondary N) is 1. The lowest BCUT2D eigenvalue weighted by Crippen LogP contribution is -2.40. The van der Waals surface area contributed by atoms with E-state index in [-0.39, 0.29) is 18.4 Å². The summed E-state index contributed by atoms with van der Waals surface area (Å²) in [4.78, 5) is 18.8. The molecule has 7 nitrogen and oxygen atoms in total. The van der Waals surface area contributed by atoms with E-state index in [1.165, 1.54) is 0 Å². The van der Waals surface area contributed by atoms with Crippen LogP contribution in [-0.4, -0.2) is 52.8 Å². The molecule has 2 aromatic carbocycles. The third-order valence-electron chi connectivity index (χ3n) is 7.49. The van der Waals surface area contributed by atoms with Crippen LogP contribution in [0, 0.1) is 19.7 Å². The van der Waals surface area contributed by atoms with Gasteiger partial charge in [-0.15, -0.1) is 0 Å². The number of ether oxygens (including phenoxy) is 1. The fourth-order valence-electron chi connectivity index (χ4n) is 5.33. The first-order valence-electron chi connectivity index (χ1n) is 12.6. The zero-order valence-corrected chi connectivity index (χ0v) is 22.0. The van der Waals surface area contributed by atoms with E-state index in [4.69, 9.17) is 16.3 Å². The second-order valence-electron chi connectivity index (χ2n) is 9.82. The van der Waals surface area contributed by atoms with Crippen molar-refractivity contribution in [3.05, 3.63) is 74.9 Å². The Morgan fingerprint density at radius 1 is 1.00 bits per heavy atom.